The number of carbonyl (C=O) groups excluding carboxylic acids is 2. The van der Waals surface area contributed by atoms with Crippen molar-refractivity contribution in [3.63, 3.8) is 0 Å². The van der Waals surface area contributed by atoms with Crippen molar-refractivity contribution in [1.29, 1.82) is 0 Å². The van der Waals surface area contributed by atoms with Crippen LogP contribution in [0.3, 0.4) is 0 Å². The number of halogens is 1. The van der Waals surface area contributed by atoms with Crippen LogP contribution in [0, 0.1) is 13.8 Å². The van der Waals surface area contributed by atoms with Gasteiger partial charge in [0.2, 0.25) is 0 Å². The third-order valence-electron chi connectivity index (χ3n) is 5.47. The Bertz CT molecular complexity index is 1380. The molecule has 0 fully saturated rings. The van der Waals surface area contributed by atoms with E-state index in [-0.39, 0.29) is 27.0 Å². The average Bonchev–Trinajstić information content (AvgIpc) is 2.84. The Morgan fingerprint density at radius 3 is 2.42 bits per heavy atom. The lowest BCUT2D eigenvalue weighted by atomic mass is 10.1. The second-order valence-corrected chi connectivity index (χ2v) is 10.2. The van der Waals surface area contributed by atoms with Crippen molar-refractivity contribution >= 4 is 44.8 Å². The van der Waals surface area contributed by atoms with Gasteiger partial charge in [0.1, 0.15) is 4.90 Å². The summed E-state index contributed by atoms with van der Waals surface area (Å²) in [4.78, 5) is 25.4. The van der Waals surface area contributed by atoms with Crippen molar-refractivity contribution in [2.24, 2.45) is 0 Å². The maximum absolute atomic E-state index is 13.1. The molecule has 0 unspecified atom stereocenters. The Morgan fingerprint density at radius 2 is 1.69 bits per heavy atom. The van der Waals surface area contributed by atoms with Crippen LogP contribution in [0.4, 0.5) is 11.4 Å². The molecule has 0 radical (unpaired) electrons. The second kappa shape index (κ2) is 12.0. The molecule has 0 bridgehead atoms. The minimum atomic E-state index is -4.08. The third kappa shape index (κ3) is 6.84. The maximum atomic E-state index is 13.1. The Balaban J connectivity index is 1.81. The summed E-state index contributed by atoms with van der Waals surface area (Å²) in [6, 6.07) is 15.7. The highest BCUT2D eigenvalue weighted by Crippen LogP contribution is 2.26. The molecule has 0 atom stereocenters. The van der Waals surface area contributed by atoms with Gasteiger partial charge in [-0.25, -0.2) is 8.42 Å². The van der Waals surface area contributed by atoms with E-state index in [1.54, 1.807) is 43.5 Å². The third-order valence-corrected chi connectivity index (χ3v) is 7.34. The Morgan fingerprint density at radius 1 is 0.944 bits per heavy atom. The number of methoxy groups -OCH3 is 1. The molecule has 3 rings (SSSR count). The number of hydrogen-bond acceptors (Lipinski definition) is 5. The molecule has 0 aliphatic carbocycles. The summed E-state index contributed by atoms with van der Waals surface area (Å²) in [6.07, 6.45) is 0.648. The average molecular weight is 530 g/mol. The monoisotopic (exact) mass is 529 g/mol. The fraction of sp³-hybridized carbons (Fsp3) is 0.231. The lowest BCUT2D eigenvalue weighted by Gasteiger charge is -2.14. The zero-order chi connectivity index (χ0) is 26.3. The first-order valence-electron chi connectivity index (χ1n) is 11.2. The molecule has 0 heterocycles. The van der Waals surface area contributed by atoms with E-state index < -0.39 is 15.9 Å². The Hall–Kier alpha value is -3.40. The minimum Gasteiger partial charge on any atom is -0.385 e. The van der Waals surface area contributed by atoms with Gasteiger partial charge in [0.15, 0.2) is 0 Å². The van der Waals surface area contributed by atoms with Gasteiger partial charge in [0.05, 0.1) is 16.3 Å². The van der Waals surface area contributed by atoms with E-state index in [9.17, 15) is 18.0 Å². The largest absolute Gasteiger partial charge is 0.385 e. The van der Waals surface area contributed by atoms with Crippen molar-refractivity contribution in [2.45, 2.75) is 25.2 Å². The molecule has 0 saturated heterocycles. The van der Waals surface area contributed by atoms with Crippen LogP contribution in [0.5, 0.6) is 0 Å². The van der Waals surface area contributed by atoms with Gasteiger partial charge in [-0.3, -0.25) is 14.3 Å². The Labute approximate surface area is 216 Å². The molecule has 0 aromatic heterocycles. The molecule has 3 aromatic carbocycles. The Kier molecular flexibility index (Phi) is 9.08. The maximum Gasteiger partial charge on any atom is 0.263 e. The molecule has 3 aromatic rings. The van der Waals surface area contributed by atoms with E-state index in [1.165, 1.54) is 18.2 Å². The van der Waals surface area contributed by atoms with Crippen LogP contribution in [-0.2, 0) is 14.8 Å². The van der Waals surface area contributed by atoms with Gasteiger partial charge in [-0.1, -0.05) is 29.8 Å². The molecule has 2 amide bonds. The number of sulfonamides is 1. The van der Waals surface area contributed by atoms with Crippen LogP contribution in [0.25, 0.3) is 0 Å². The first-order valence-corrected chi connectivity index (χ1v) is 13.1. The van der Waals surface area contributed by atoms with E-state index in [1.807, 2.05) is 19.9 Å². The first-order chi connectivity index (χ1) is 17.1. The van der Waals surface area contributed by atoms with E-state index in [4.69, 9.17) is 16.3 Å². The van der Waals surface area contributed by atoms with Gasteiger partial charge < -0.3 is 15.4 Å². The quantitative estimate of drug-likeness (QED) is 0.327. The molecule has 3 N–H and O–H groups in total. The van der Waals surface area contributed by atoms with Gasteiger partial charge in [0, 0.05) is 31.5 Å². The summed E-state index contributed by atoms with van der Waals surface area (Å²) in [5.41, 5.74) is 2.97. The number of ether oxygens (including phenoxy) is 1. The lowest BCUT2D eigenvalue weighted by molar-refractivity contribution is 0.0949. The number of para-hydroxylation sites is 1. The highest BCUT2D eigenvalue weighted by molar-refractivity contribution is 7.92. The fourth-order valence-corrected chi connectivity index (χ4v) is 4.94. The predicted molar refractivity (Wildman–Crippen MR) is 141 cm³/mol. The van der Waals surface area contributed by atoms with Crippen LogP contribution >= 0.6 is 11.6 Å². The van der Waals surface area contributed by atoms with Gasteiger partial charge in [-0.05, 0) is 73.9 Å². The zero-order valence-electron chi connectivity index (χ0n) is 20.2. The normalized spacial score (nSPS) is 11.1. The summed E-state index contributed by atoms with van der Waals surface area (Å²) in [7, 11) is -2.49. The number of anilines is 2. The number of carbonyl (C=O) groups is 2. The molecule has 0 aliphatic heterocycles. The van der Waals surface area contributed by atoms with Crippen molar-refractivity contribution in [3.8, 4) is 0 Å². The molecular formula is C26H28ClN3O5S. The minimum absolute atomic E-state index is 0.0290. The number of hydrogen-bond donors (Lipinski definition) is 3. The summed E-state index contributed by atoms with van der Waals surface area (Å²) in [6.45, 7) is 4.73. The van der Waals surface area contributed by atoms with Crippen molar-refractivity contribution in [3.05, 3.63) is 87.9 Å². The summed E-state index contributed by atoms with van der Waals surface area (Å²) < 4.78 is 33.6. The molecular weight excluding hydrogens is 502 g/mol. The summed E-state index contributed by atoms with van der Waals surface area (Å²) >= 11 is 6.19. The van der Waals surface area contributed by atoms with Crippen molar-refractivity contribution in [2.75, 3.05) is 30.3 Å². The zero-order valence-corrected chi connectivity index (χ0v) is 21.8. The number of nitrogens with one attached hydrogen (secondary N) is 3. The summed E-state index contributed by atoms with van der Waals surface area (Å²) in [5, 5.41) is 5.44. The summed E-state index contributed by atoms with van der Waals surface area (Å²) in [5.74, 6) is -0.937. The second-order valence-electron chi connectivity index (χ2n) is 8.15. The smallest absolute Gasteiger partial charge is 0.263 e. The van der Waals surface area contributed by atoms with E-state index in [0.29, 0.717) is 30.9 Å². The number of benzene rings is 3. The predicted octanol–water partition coefficient (Wildman–Crippen LogP) is 4.78. The fourth-order valence-electron chi connectivity index (χ4n) is 3.36. The molecule has 10 heteroatoms. The van der Waals surface area contributed by atoms with E-state index in [0.717, 1.165) is 11.1 Å². The molecule has 0 saturated carbocycles. The molecule has 0 aliphatic rings. The highest BCUT2D eigenvalue weighted by atomic mass is 35.5. The van der Waals surface area contributed by atoms with Gasteiger partial charge >= 0.3 is 0 Å². The lowest BCUT2D eigenvalue weighted by Crippen LogP contribution is -2.26. The van der Waals surface area contributed by atoms with Crippen LogP contribution in [0.15, 0.2) is 65.6 Å². The van der Waals surface area contributed by atoms with E-state index >= 15 is 0 Å². The number of rotatable bonds is 10. The van der Waals surface area contributed by atoms with Gasteiger partial charge in [0.25, 0.3) is 21.8 Å². The standard InChI is InChI=1S/C26H28ClN3O5S/c1-17-9-11-20(15-18(17)2)30-36(33,34)24-16-19(10-12-22(24)27)25(31)29-23-8-5-4-7-21(23)26(32)28-13-6-14-35-3/h4-5,7-12,15-16,30H,6,13-14H2,1-3H3,(H,28,32)(H,29,31). The van der Waals surface area contributed by atoms with Crippen molar-refractivity contribution in [1.82, 2.24) is 5.32 Å². The topological polar surface area (TPSA) is 114 Å². The molecule has 36 heavy (non-hydrogen) atoms. The van der Waals surface area contributed by atoms with Crippen LogP contribution in [0.1, 0.15) is 38.3 Å². The van der Waals surface area contributed by atoms with Gasteiger partial charge in [-0.2, -0.15) is 0 Å². The molecule has 190 valence electrons. The first kappa shape index (κ1) is 27.2. The molecule has 8 nitrogen and oxygen atoms in total. The number of aryl methyl sites for hydroxylation is 2. The number of amides is 2. The SMILES string of the molecule is COCCCNC(=O)c1ccccc1NC(=O)c1ccc(Cl)c(S(=O)(=O)Nc2ccc(C)c(C)c2)c1. The van der Waals surface area contributed by atoms with Crippen LogP contribution < -0.4 is 15.4 Å². The van der Waals surface area contributed by atoms with Crippen LogP contribution in [-0.4, -0.2) is 40.5 Å². The van der Waals surface area contributed by atoms with E-state index in [2.05, 4.69) is 15.4 Å². The molecule has 0 spiro atoms. The van der Waals surface area contributed by atoms with Crippen LogP contribution in [0.2, 0.25) is 5.02 Å². The highest BCUT2D eigenvalue weighted by Gasteiger charge is 2.21. The van der Waals surface area contributed by atoms with Crippen molar-refractivity contribution < 1.29 is 22.7 Å². The van der Waals surface area contributed by atoms with Gasteiger partial charge in [-0.15, -0.1) is 0 Å².